The summed E-state index contributed by atoms with van der Waals surface area (Å²) in [5.74, 6) is -0.303. The van der Waals surface area contributed by atoms with E-state index in [0.29, 0.717) is 16.2 Å². The van der Waals surface area contributed by atoms with Crippen LogP contribution in [0.1, 0.15) is 12.5 Å². The first-order valence-corrected chi connectivity index (χ1v) is 7.94. The molecule has 0 aliphatic rings. The summed E-state index contributed by atoms with van der Waals surface area (Å²) in [6.45, 7) is 1.33. The van der Waals surface area contributed by atoms with Gasteiger partial charge in [0.15, 0.2) is 0 Å². The molecule has 19 heavy (non-hydrogen) atoms. The molecule has 1 aromatic rings. The van der Waals surface area contributed by atoms with Gasteiger partial charge in [-0.2, -0.15) is 0 Å². The summed E-state index contributed by atoms with van der Waals surface area (Å²) in [7, 11) is 3.11. The molecule has 0 saturated carbocycles. The standard InChI is InChI=1S/C11H13ClN2O3S2/c1-7(15)14-8-3-4-9(10(18)6-13-2)11(5-8)19(12,16)17/h3-6,13,18H,1-2H3,(H,14,15)/b10-6-. The Morgan fingerprint density at radius 1 is 1.42 bits per heavy atom. The fourth-order valence-corrected chi connectivity index (χ4v) is 2.92. The van der Waals surface area contributed by atoms with Gasteiger partial charge in [0.25, 0.3) is 9.05 Å². The van der Waals surface area contributed by atoms with Crippen molar-refractivity contribution in [3.63, 3.8) is 0 Å². The van der Waals surface area contributed by atoms with Gasteiger partial charge in [0.05, 0.1) is 4.90 Å². The van der Waals surface area contributed by atoms with E-state index in [-0.39, 0.29) is 10.8 Å². The smallest absolute Gasteiger partial charge is 0.262 e. The lowest BCUT2D eigenvalue weighted by molar-refractivity contribution is -0.114. The largest absolute Gasteiger partial charge is 0.393 e. The molecule has 1 amide bonds. The third-order valence-corrected chi connectivity index (χ3v) is 3.85. The van der Waals surface area contributed by atoms with Crippen molar-refractivity contribution in [3.05, 3.63) is 30.0 Å². The van der Waals surface area contributed by atoms with Crippen LogP contribution in [0.5, 0.6) is 0 Å². The van der Waals surface area contributed by atoms with Gasteiger partial charge in [0, 0.05) is 47.0 Å². The third kappa shape index (κ3) is 4.45. The lowest BCUT2D eigenvalue weighted by atomic mass is 10.2. The molecule has 2 N–H and O–H groups in total. The van der Waals surface area contributed by atoms with Crippen LogP contribution >= 0.6 is 23.3 Å². The number of carbonyl (C=O) groups is 1. The number of thiol groups is 1. The maximum atomic E-state index is 11.6. The first-order valence-electron chi connectivity index (χ1n) is 5.18. The van der Waals surface area contributed by atoms with Gasteiger partial charge >= 0.3 is 0 Å². The average Bonchev–Trinajstić information content (AvgIpc) is 2.27. The van der Waals surface area contributed by atoms with E-state index in [1.165, 1.54) is 25.3 Å². The van der Waals surface area contributed by atoms with Crippen molar-refractivity contribution >= 4 is 48.9 Å². The molecule has 0 aliphatic heterocycles. The number of anilines is 1. The molecule has 0 aromatic heterocycles. The molecular formula is C11H13ClN2O3S2. The minimum absolute atomic E-state index is 0.114. The maximum Gasteiger partial charge on any atom is 0.262 e. The van der Waals surface area contributed by atoms with Gasteiger partial charge in [0.2, 0.25) is 5.91 Å². The Morgan fingerprint density at radius 3 is 2.53 bits per heavy atom. The van der Waals surface area contributed by atoms with Crippen LogP contribution in [-0.4, -0.2) is 21.4 Å². The topological polar surface area (TPSA) is 75.3 Å². The van der Waals surface area contributed by atoms with Crippen molar-refractivity contribution in [2.75, 3.05) is 12.4 Å². The molecule has 0 atom stereocenters. The lowest BCUT2D eigenvalue weighted by Crippen LogP contribution is -2.07. The number of hydrogen-bond donors (Lipinski definition) is 3. The maximum absolute atomic E-state index is 11.6. The van der Waals surface area contributed by atoms with Crippen LogP contribution in [0.2, 0.25) is 0 Å². The Balaban J connectivity index is 3.42. The fourth-order valence-electron chi connectivity index (χ4n) is 1.43. The molecule has 8 heteroatoms. The SMILES string of the molecule is CN/C=C(\S)c1ccc(NC(C)=O)cc1S(=O)(=O)Cl. The van der Waals surface area contributed by atoms with E-state index in [0.717, 1.165) is 0 Å². The molecule has 0 radical (unpaired) electrons. The zero-order valence-electron chi connectivity index (χ0n) is 10.3. The molecule has 104 valence electrons. The Kier molecular flexibility index (Phi) is 5.28. The molecule has 0 saturated heterocycles. The minimum Gasteiger partial charge on any atom is -0.393 e. The van der Waals surface area contributed by atoms with Gasteiger partial charge < -0.3 is 10.6 Å². The second-order valence-corrected chi connectivity index (χ2v) is 6.66. The predicted octanol–water partition coefficient (Wildman–Crippen LogP) is 2.02. The van der Waals surface area contributed by atoms with Crippen LogP contribution in [0.3, 0.4) is 0 Å². The van der Waals surface area contributed by atoms with Crippen molar-refractivity contribution in [1.29, 1.82) is 0 Å². The van der Waals surface area contributed by atoms with Gasteiger partial charge in [-0.15, -0.1) is 12.6 Å². The van der Waals surface area contributed by atoms with Crippen LogP contribution in [0, 0.1) is 0 Å². The van der Waals surface area contributed by atoms with Crippen molar-refractivity contribution in [2.24, 2.45) is 0 Å². The molecular weight excluding hydrogens is 308 g/mol. The van der Waals surface area contributed by atoms with Crippen molar-refractivity contribution in [2.45, 2.75) is 11.8 Å². The predicted molar refractivity (Wildman–Crippen MR) is 79.8 cm³/mol. The Hall–Kier alpha value is -1.18. The highest BCUT2D eigenvalue weighted by Crippen LogP contribution is 2.30. The summed E-state index contributed by atoms with van der Waals surface area (Å²) in [6, 6.07) is 4.39. The summed E-state index contributed by atoms with van der Waals surface area (Å²) in [6.07, 6.45) is 1.53. The molecule has 1 aromatic carbocycles. The second-order valence-electron chi connectivity index (χ2n) is 3.65. The van der Waals surface area contributed by atoms with E-state index in [2.05, 4.69) is 23.3 Å². The molecule has 0 spiro atoms. The molecule has 0 bridgehead atoms. The van der Waals surface area contributed by atoms with Gasteiger partial charge in [-0.3, -0.25) is 4.79 Å². The Labute approximate surface area is 121 Å². The van der Waals surface area contributed by atoms with Crippen molar-refractivity contribution < 1.29 is 13.2 Å². The minimum atomic E-state index is -3.95. The summed E-state index contributed by atoms with van der Waals surface area (Å²) in [4.78, 5) is 11.3. The molecule has 0 aliphatic carbocycles. The van der Waals surface area contributed by atoms with Gasteiger partial charge in [-0.25, -0.2) is 8.42 Å². The van der Waals surface area contributed by atoms with Gasteiger partial charge in [-0.05, 0) is 12.1 Å². The average molecular weight is 321 g/mol. The van der Waals surface area contributed by atoms with E-state index >= 15 is 0 Å². The van der Waals surface area contributed by atoms with Crippen LogP contribution in [0.25, 0.3) is 4.91 Å². The van der Waals surface area contributed by atoms with E-state index in [4.69, 9.17) is 10.7 Å². The second kappa shape index (κ2) is 6.31. The monoisotopic (exact) mass is 320 g/mol. The molecule has 1 rings (SSSR count). The number of amides is 1. The first kappa shape index (κ1) is 15.9. The highest BCUT2D eigenvalue weighted by Gasteiger charge is 2.18. The van der Waals surface area contributed by atoms with Gasteiger partial charge in [-0.1, -0.05) is 6.07 Å². The number of halogens is 1. The highest BCUT2D eigenvalue weighted by molar-refractivity contribution is 8.13. The van der Waals surface area contributed by atoms with Crippen LogP contribution in [-0.2, 0) is 13.8 Å². The highest BCUT2D eigenvalue weighted by atomic mass is 35.7. The Morgan fingerprint density at radius 2 is 2.05 bits per heavy atom. The molecule has 0 heterocycles. The van der Waals surface area contributed by atoms with Crippen molar-refractivity contribution in [1.82, 2.24) is 5.32 Å². The number of benzene rings is 1. The Bertz CT molecular complexity index is 627. The number of nitrogens with one attached hydrogen (secondary N) is 2. The van der Waals surface area contributed by atoms with Gasteiger partial charge in [0.1, 0.15) is 0 Å². The lowest BCUT2D eigenvalue weighted by Gasteiger charge is -2.10. The van der Waals surface area contributed by atoms with Crippen LogP contribution in [0.4, 0.5) is 5.69 Å². The fraction of sp³-hybridized carbons (Fsp3) is 0.182. The van der Waals surface area contributed by atoms with Crippen molar-refractivity contribution in [3.8, 4) is 0 Å². The van der Waals surface area contributed by atoms with Crippen LogP contribution < -0.4 is 10.6 Å². The normalized spacial score (nSPS) is 12.1. The van der Waals surface area contributed by atoms with E-state index in [1.54, 1.807) is 13.1 Å². The quantitative estimate of drug-likeness (QED) is 0.586. The molecule has 0 fully saturated rings. The van der Waals surface area contributed by atoms with E-state index < -0.39 is 9.05 Å². The summed E-state index contributed by atoms with van der Waals surface area (Å²) < 4.78 is 23.1. The molecule has 5 nitrogen and oxygen atoms in total. The number of rotatable bonds is 4. The zero-order valence-corrected chi connectivity index (χ0v) is 12.7. The summed E-state index contributed by atoms with van der Waals surface area (Å²) in [5.41, 5.74) is 0.697. The number of hydrogen-bond acceptors (Lipinski definition) is 5. The first-order chi connectivity index (χ1) is 8.75. The zero-order chi connectivity index (χ0) is 14.6. The van der Waals surface area contributed by atoms with Crippen LogP contribution in [0.15, 0.2) is 29.3 Å². The summed E-state index contributed by atoms with van der Waals surface area (Å²) >= 11 is 4.19. The third-order valence-electron chi connectivity index (χ3n) is 2.12. The number of carbonyl (C=O) groups excluding carboxylic acids is 1. The van der Waals surface area contributed by atoms with E-state index in [1.807, 2.05) is 0 Å². The molecule has 0 unspecified atom stereocenters. The van der Waals surface area contributed by atoms with E-state index in [9.17, 15) is 13.2 Å². The summed E-state index contributed by atoms with van der Waals surface area (Å²) in [5, 5.41) is 5.24.